The van der Waals surface area contributed by atoms with Crippen LogP contribution in [-0.4, -0.2) is 55.0 Å². The molecule has 42 heavy (non-hydrogen) atoms. The van der Waals surface area contributed by atoms with Gasteiger partial charge < -0.3 is 20.3 Å². The van der Waals surface area contributed by atoms with Gasteiger partial charge in [-0.2, -0.15) is 0 Å². The maximum Gasteiger partial charge on any atom is 0.243 e. The average Bonchev–Trinajstić information content (AvgIpc) is 3.37. The molecule has 1 saturated heterocycles. The third-order valence-electron chi connectivity index (χ3n) is 7.66. The molecular weight excluding hydrogens is 537 g/mol. The zero-order valence-electron chi connectivity index (χ0n) is 23.5. The third-order valence-corrected chi connectivity index (χ3v) is 7.66. The monoisotopic (exact) mass is 567 g/mol. The fraction of sp³-hybridized carbons (Fsp3) is 0.267. The first-order valence-electron chi connectivity index (χ1n) is 13.6. The molecule has 4 heterocycles. The zero-order chi connectivity index (χ0) is 29.4. The van der Waals surface area contributed by atoms with Gasteiger partial charge in [0.15, 0.2) is 11.6 Å². The summed E-state index contributed by atoms with van der Waals surface area (Å²) < 4.78 is 23.3. The van der Waals surface area contributed by atoms with Gasteiger partial charge in [-0.05, 0) is 61.7 Å². The van der Waals surface area contributed by atoms with Gasteiger partial charge in [0.25, 0.3) is 0 Å². The van der Waals surface area contributed by atoms with Crippen LogP contribution in [0.25, 0.3) is 22.1 Å². The Morgan fingerprint density at radius 2 is 2.02 bits per heavy atom. The predicted molar refractivity (Wildman–Crippen MR) is 158 cm³/mol. The molecular formula is C30H30FN9O2. The fourth-order valence-corrected chi connectivity index (χ4v) is 5.12. The van der Waals surface area contributed by atoms with Crippen molar-refractivity contribution in [1.29, 1.82) is 0 Å². The molecule has 1 amide bonds. The van der Waals surface area contributed by atoms with E-state index < -0.39 is 5.82 Å². The van der Waals surface area contributed by atoms with Crippen molar-refractivity contribution in [1.82, 2.24) is 35.3 Å². The van der Waals surface area contributed by atoms with Crippen LogP contribution in [0, 0.1) is 18.7 Å². The number of piperidine rings is 1. The third kappa shape index (κ3) is 5.18. The summed E-state index contributed by atoms with van der Waals surface area (Å²) in [7, 11) is 1.81. The number of hydrogen-bond acceptors (Lipinski definition) is 9. The molecule has 214 valence electrons. The van der Waals surface area contributed by atoms with Crippen LogP contribution in [-0.2, 0) is 11.8 Å². The molecule has 0 saturated carbocycles. The van der Waals surface area contributed by atoms with E-state index in [1.807, 2.05) is 25.2 Å². The molecule has 2 atom stereocenters. The molecule has 0 aliphatic carbocycles. The molecule has 3 aromatic heterocycles. The van der Waals surface area contributed by atoms with Crippen LogP contribution in [0.5, 0.6) is 11.5 Å². The highest BCUT2D eigenvalue weighted by atomic mass is 19.1. The quantitative estimate of drug-likeness (QED) is 0.267. The van der Waals surface area contributed by atoms with Crippen molar-refractivity contribution in [2.24, 2.45) is 13.0 Å². The Bertz CT molecular complexity index is 1820. The second kappa shape index (κ2) is 11.0. The Kier molecular flexibility index (Phi) is 7.11. The molecule has 1 fully saturated rings. The number of pyridine rings is 1. The molecule has 2 N–H and O–H groups in total. The van der Waals surface area contributed by atoms with Gasteiger partial charge in [0, 0.05) is 37.8 Å². The molecule has 0 bridgehead atoms. The van der Waals surface area contributed by atoms with Gasteiger partial charge in [0.2, 0.25) is 5.91 Å². The van der Waals surface area contributed by atoms with E-state index in [-0.39, 0.29) is 17.6 Å². The number of fused-ring (bicyclic) bond motifs is 2. The number of carbonyl (C=O) groups excluding carboxylic acids is 1. The van der Waals surface area contributed by atoms with Crippen LogP contribution >= 0.6 is 0 Å². The lowest BCUT2D eigenvalue weighted by atomic mass is 9.93. The second-order valence-corrected chi connectivity index (χ2v) is 10.4. The Hall–Kier alpha value is -5.13. The van der Waals surface area contributed by atoms with Crippen LogP contribution in [0.2, 0.25) is 0 Å². The van der Waals surface area contributed by atoms with Crippen LogP contribution in [0.3, 0.4) is 0 Å². The van der Waals surface area contributed by atoms with E-state index in [1.165, 1.54) is 12.4 Å². The summed E-state index contributed by atoms with van der Waals surface area (Å²) in [5.41, 5.74) is 3.25. The van der Waals surface area contributed by atoms with E-state index in [0.29, 0.717) is 51.9 Å². The Morgan fingerprint density at radius 3 is 2.86 bits per heavy atom. The van der Waals surface area contributed by atoms with E-state index in [2.05, 4.69) is 49.3 Å². The summed E-state index contributed by atoms with van der Waals surface area (Å²) in [6, 6.07) is 12.5. The molecule has 0 unspecified atom stereocenters. The molecule has 11 nitrogen and oxygen atoms in total. The SMILES string of the molecule is C=CC(=O)N[C@H]1CN(c2ccc3ncnc(Nc4ccc(Oc5ccc6c(c5)nnn6C)c(C)c4F)c3n2)CC[C@H]1C. The number of benzene rings is 2. The van der Waals surface area contributed by atoms with Crippen LogP contribution in [0.1, 0.15) is 18.9 Å². The van der Waals surface area contributed by atoms with Gasteiger partial charge in [-0.15, -0.1) is 5.10 Å². The molecule has 5 aromatic rings. The number of nitrogens with zero attached hydrogens (tertiary/aromatic N) is 7. The summed E-state index contributed by atoms with van der Waals surface area (Å²) >= 11 is 0. The van der Waals surface area contributed by atoms with Crippen LogP contribution < -0.4 is 20.3 Å². The first-order valence-corrected chi connectivity index (χ1v) is 13.6. The molecule has 2 aromatic carbocycles. The van der Waals surface area contributed by atoms with E-state index in [9.17, 15) is 4.79 Å². The van der Waals surface area contributed by atoms with Gasteiger partial charge in [-0.1, -0.05) is 18.7 Å². The average molecular weight is 568 g/mol. The van der Waals surface area contributed by atoms with E-state index in [0.717, 1.165) is 24.3 Å². The molecule has 0 spiro atoms. The largest absolute Gasteiger partial charge is 0.457 e. The number of aromatic nitrogens is 6. The van der Waals surface area contributed by atoms with E-state index in [1.54, 1.807) is 35.9 Å². The molecule has 12 heteroatoms. The number of carbonyl (C=O) groups is 1. The summed E-state index contributed by atoms with van der Waals surface area (Å²) in [5.74, 6) is 1.67. The number of aryl methyl sites for hydroxylation is 1. The van der Waals surface area contributed by atoms with Gasteiger partial charge >= 0.3 is 0 Å². The number of amides is 1. The molecule has 1 aliphatic heterocycles. The first kappa shape index (κ1) is 27.1. The van der Waals surface area contributed by atoms with Crippen molar-refractivity contribution in [3.63, 3.8) is 0 Å². The molecule has 1 aliphatic rings. The highest BCUT2D eigenvalue weighted by Crippen LogP contribution is 2.34. The number of anilines is 3. The highest BCUT2D eigenvalue weighted by molar-refractivity contribution is 5.89. The Balaban J connectivity index is 1.25. The number of rotatable bonds is 7. The van der Waals surface area contributed by atoms with Gasteiger partial charge in [-0.3, -0.25) is 4.79 Å². The number of nitrogens with one attached hydrogen (secondary N) is 2. The predicted octanol–water partition coefficient (Wildman–Crippen LogP) is 4.81. The number of halogens is 1. The van der Waals surface area contributed by atoms with Crippen molar-refractivity contribution in [3.8, 4) is 11.5 Å². The minimum atomic E-state index is -0.471. The number of hydrogen-bond donors (Lipinski definition) is 2. The fourth-order valence-electron chi connectivity index (χ4n) is 5.12. The zero-order valence-corrected chi connectivity index (χ0v) is 23.5. The maximum absolute atomic E-state index is 15.6. The van der Waals surface area contributed by atoms with Crippen molar-refractivity contribution >= 4 is 45.3 Å². The minimum absolute atomic E-state index is 0.0355. The topological polar surface area (TPSA) is 123 Å². The van der Waals surface area contributed by atoms with Crippen molar-refractivity contribution < 1.29 is 13.9 Å². The normalized spacial score (nSPS) is 16.9. The highest BCUT2D eigenvalue weighted by Gasteiger charge is 2.28. The second-order valence-electron chi connectivity index (χ2n) is 10.4. The van der Waals surface area contributed by atoms with Crippen molar-refractivity contribution in [2.45, 2.75) is 26.3 Å². The molecule has 0 radical (unpaired) electrons. The minimum Gasteiger partial charge on any atom is -0.457 e. The lowest BCUT2D eigenvalue weighted by Gasteiger charge is -2.38. The summed E-state index contributed by atoms with van der Waals surface area (Å²) in [6.07, 6.45) is 3.59. The smallest absolute Gasteiger partial charge is 0.243 e. The van der Waals surface area contributed by atoms with Crippen molar-refractivity contribution in [2.75, 3.05) is 23.3 Å². The lowest BCUT2D eigenvalue weighted by Crippen LogP contribution is -2.51. The molecule has 6 rings (SSSR count). The van der Waals surface area contributed by atoms with Crippen LogP contribution in [0.15, 0.2) is 61.4 Å². The summed E-state index contributed by atoms with van der Waals surface area (Å²) in [4.78, 5) is 27.6. The first-order chi connectivity index (χ1) is 20.3. The van der Waals surface area contributed by atoms with Crippen LogP contribution in [0.4, 0.5) is 21.7 Å². The van der Waals surface area contributed by atoms with Crippen molar-refractivity contribution in [3.05, 3.63) is 72.8 Å². The summed E-state index contributed by atoms with van der Waals surface area (Å²) in [6.45, 7) is 8.73. The van der Waals surface area contributed by atoms with Gasteiger partial charge in [0.1, 0.15) is 34.7 Å². The Morgan fingerprint density at radius 1 is 1.17 bits per heavy atom. The van der Waals surface area contributed by atoms with E-state index in [4.69, 9.17) is 9.72 Å². The Labute approximate surface area is 241 Å². The lowest BCUT2D eigenvalue weighted by molar-refractivity contribution is -0.117. The van der Waals surface area contributed by atoms with E-state index >= 15 is 4.39 Å². The standard InChI is InChI=1S/C30H30FN9O2/c1-5-27(41)34-23-15-40(13-12-17(23)2)26-11-8-21-29(36-26)30(33-16-32-21)35-20-7-10-25(18(3)28(20)31)42-19-6-9-24-22(14-19)37-38-39(24)4/h5-11,14,16-17,23H,1,12-13,15H2,2-4H3,(H,34,41)(H,32,33,35)/t17-,23+/m1/s1. The maximum atomic E-state index is 15.6. The summed E-state index contributed by atoms with van der Waals surface area (Å²) in [5, 5.41) is 14.2. The van der Waals surface area contributed by atoms with Gasteiger partial charge in [0.05, 0.1) is 16.7 Å². The number of ether oxygens (including phenoxy) is 1. The van der Waals surface area contributed by atoms with Gasteiger partial charge in [-0.25, -0.2) is 24.0 Å².